The van der Waals surface area contributed by atoms with Crippen LogP contribution in [0.4, 0.5) is 13.2 Å². The monoisotopic (exact) mass is 542 g/mol. The van der Waals surface area contributed by atoms with Crippen LogP contribution in [0, 0.1) is 41.4 Å². The molecule has 6 saturated carbocycles. The fourth-order valence-corrected chi connectivity index (χ4v) is 10.4. The molecule has 0 aromatic carbocycles. The number of hydrogen-bond acceptors (Lipinski definition) is 8. The van der Waals surface area contributed by atoms with E-state index in [4.69, 9.17) is 13.7 Å². The van der Waals surface area contributed by atoms with Crippen LogP contribution in [-0.4, -0.2) is 59.1 Å². The van der Waals surface area contributed by atoms with Crippen LogP contribution in [0.2, 0.25) is 0 Å². The molecule has 0 N–H and O–H groups in total. The fraction of sp³-hybridized carbons (Fsp3) is 0.952. The smallest absolute Gasteiger partial charge is 0.362 e. The summed E-state index contributed by atoms with van der Waals surface area (Å²) in [4.78, 5) is 11.8. The molecule has 6 bridgehead atoms. The van der Waals surface area contributed by atoms with E-state index in [1.807, 2.05) is 0 Å². The molecular formula is C21H27F3NO8S2-. The Bertz CT molecular complexity index is 1090. The van der Waals surface area contributed by atoms with E-state index in [-0.39, 0.29) is 23.7 Å². The van der Waals surface area contributed by atoms with Gasteiger partial charge in [0, 0.05) is 5.92 Å². The molecular weight excluding hydrogens is 515 g/mol. The fourth-order valence-electron chi connectivity index (χ4n) is 7.96. The Balaban J connectivity index is 1.08. The second-order valence-electron chi connectivity index (χ2n) is 11.2. The van der Waals surface area contributed by atoms with E-state index >= 15 is 0 Å². The third-order valence-corrected chi connectivity index (χ3v) is 12.0. The maximum atomic E-state index is 14.6. The first-order chi connectivity index (χ1) is 16.3. The van der Waals surface area contributed by atoms with Crippen molar-refractivity contribution in [3.63, 3.8) is 0 Å². The summed E-state index contributed by atoms with van der Waals surface area (Å²) >= 11 is 0. The number of hydrogen-bond donors (Lipinski definition) is 0. The highest BCUT2D eigenvalue weighted by molar-refractivity contribution is 8.10. The number of sulfonamides is 1. The summed E-state index contributed by atoms with van der Waals surface area (Å²) in [6.45, 7) is -1.18. The second kappa shape index (κ2) is 8.02. The molecule has 7 rings (SSSR count). The zero-order chi connectivity index (χ0) is 24.9. The van der Waals surface area contributed by atoms with Gasteiger partial charge in [-0.15, -0.1) is 0 Å². The lowest BCUT2D eigenvalue weighted by Crippen LogP contribution is -2.51. The first-order valence-corrected chi connectivity index (χ1v) is 14.9. The molecule has 0 aromatic heterocycles. The maximum absolute atomic E-state index is 14.6. The molecule has 198 valence electrons. The number of rotatable bonds is 9. The molecule has 6 aliphatic carbocycles. The molecule has 7 fully saturated rings. The van der Waals surface area contributed by atoms with Gasteiger partial charge in [-0.25, -0.2) is 21.2 Å². The summed E-state index contributed by atoms with van der Waals surface area (Å²) in [5, 5.41) is -5.13. The van der Waals surface area contributed by atoms with Crippen LogP contribution in [0.5, 0.6) is 0 Å². The third-order valence-electron chi connectivity index (χ3n) is 9.12. The van der Waals surface area contributed by atoms with E-state index in [9.17, 15) is 34.8 Å². The first kappa shape index (κ1) is 24.4. The number of carbonyl (C=O) groups excluding carboxylic acids is 1. The molecule has 0 aromatic rings. The van der Waals surface area contributed by atoms with Gasteiger partial charge >= 0.3 is 11.2 Å². The van der Waals surface area contributed by atoms with E-state index < -0.39 is 68.6 Å². The van der Waals surface area contributed by atoms with Gasteiger partial charge in [-0.2, -0.15) is 8.78 Å². The number of carbonyl (C=O) groups is 1. The average Bonchev–Trinajstić information content (AvgIpc) is 3.37. The Hall–Kier alpha value is -0.960. The highest BCUT2D eigenvalue weighted by Gasteiger charge is 2.63. The van der Waals surface area contributed by atoms with Gasteiger partial charge in [0.15, 0.2) is 16.2 Å². The van der Waals surface area contributed by atoms with Crippen molar-refractivity contribution in [3.8, 4) is 0 Å². The molecule has 1 aliphatic heterocycles. The second-order valence-corrected chi connectivity index (χ2v) is 14.3. The zero-order valence-corrected chi connectivity index (χ0v) is 20.3. The van der Waals surface area contributed by atoms with Crippen LogP contribution < -0.4 is 0 Å². The zero-order valence-electron chi connectivity index (χ0n) is 18.7. The van der Waals surface area contributed by atoms with Gasteiger partial charge in [0.2, 0.25) is 10.3 Å². The van der Waals surface area contributed by atoms with Crippen molar-refractivity contribution < 1.29 is 48.5 Å². The van der Waals surface area contributed by atoms with Crippen LogP contribution in [0.25, 0.3) is 4.13 Å². The topological polar surface area (TPSA) is 127 Å². The molecule has 9 nitrogen and oxygen atoms in total. The molecule has 7 aliphatic rings. The molecule has 6 unspecified atom stereocenters. The van der Waals surface area contributed by atoms with Crippen molar-refractivity contribution in [2.45, 2.75) is 74.7 Å². The van der Waals surface area contributed by atoms with Gasteiger partial charge in [0.05, 0.1) is 18.6 Å². The number of fused-ring (bicyclic) bond motifs is 1. The minimum atomic E-state index is -6.15. The van der Waals surface area contributed by atoms with Crippen molar-refractivity contribution in [1.82, 2.24) is 0 Å². The summed E-state index contributed by atoms with van der Waals surface area (Å²) in [5.74, 6) is -0.0560. The van der Waals surface area contributed by atoms with Crippen molar-refractivity contribution in [3.05, 3.63) is 4.13 Å². The van der Waals surface area contributed by atoms with Gasteiger partial charge in [-0.1, -0.05) is 0 Å². The summed E-state index contributed by atoms with van der Waals surface area (Å²) in [6, 6.07) is 0. The van der Waals surface area contributed by atoms with Gasteiger partial charge < -0.3 is 13.6 Å². The van der Waals surface area contributed by atoms with Gasteiger partial charge in [-0.05, 0) is 74.5 Å². The van der Waals surface area contributed by atoms with Crippen LogP contribution in [0.3, 0.4) is 0 Å². The summed E-state index contributed by atoms with van der Waals surface area (Å²) in [7, 11) is -11.5. The van der Waals surface area contributed by atoms with Crippen molar-refractivity contribution in [1.29, 1.82) is 0 Å². The van der Waals surface area contributed by atoms with Crippen molar-refractivity contribution >= 4 is 26.3 Å². The summed E-state index contributed by atoms with van der Waals surface area (Å²) < 4.78 is 110. The Morgan fingerprint density at radius 1 is 0.943 bits per heavy atom. The minimum absolute atomic E-state index is 0.146. The number of halogens is 3. The lowest BCUT2D eigenvalue weighted by molar-refractivity contribution is -0.147. The Labute approximate surface area is 201 Å². The number of ether oxygens (including phenoxy) is 2. The lowest BCUT2D eigenvalue weighted by Gasteiger charge is -2.54. The van der Waals surface area contributed by atoms with Crippen LogP contribution in [0.15, 0.2) is 0 Å². The quantitative estimate of drug-likeness (QED) is 0.407. The highest BCUT2D eigenvalue weighted by atomic mass is 32.3. The third kappa shape index (κ3) is 3.93. The van der Waals surface area contributed by atoms with E-state index in [1.54, 1.807) is 0 Å². The number of esters is 1. The van der Waals surface area contributed by atoms with Gasteiger partial charge in [0.1, 0.15) is 12.2 Å². The molecule has 6 atom stereocenters. The Kier molecular flexibility index (Phi) is 5.59. The molecule has 0 spiro atoms. The standard InChI is InChI=1S/C21H27F3NO8S2/c22-16(8-31-17-11-2-9-1-10(4-11)5-12(17)3-9)21(23,24)34(27,28)25-35(29,30)33-18-13-6-14-15(7-13)20(26)32-19(14)18/h9-19H,1-8H2/q-1. The SMILES string of the molecule is O=C1OC2C3CC(CC13)C2OS(=O)(=O)[N-]S(=O)(=O)C(F)(F)C(F)COC1C2CC3CC(C2)CC1C3. The summed E-state index contributed by atoms with van der Waals surface area (Å²) in [6.07, 6.45) is -0.320. The number of nitrogens with zero attached hydrogens (tertiary/aromatic N) is 1. The maximum Gasteiger partial charge on any atom is 0.362 e. The minimum Gasteiger partial charge on any atom is -0.459 e. The number of alkyl halides is 3. The lowest BCUT2D eigenvalue weighted by atomic mass is 9.55. The van der Waals surface area contributed by atoms with Crippen molar-refractivity contribution in [2.24, 2.45) is 41.4 Å². The molecule has 0 radical (unpaired) electrons. The van der Waals surface area contributed by atoms with Crippen molar-refractivity contribution in [2.75, 3.05) is 6.61 Å². The van der Waals surface area contributed by atoms with Crippen LogP contribution in [0.1, 0.15) is 44.9 Å². The largest absolute Gasteiger partial charge is 0.459 e. The predicted molar refractivity (Wildman–Crippen MR) is 112 cm³/mol. The summed E-state index contributed by atoms with van der Waals surface area (Å²) in [5.41, 5.74) is 0. The average molecular weight is 543 g/mol. The molecule has 35 heavy (non-hydrogen) atoms. The Morgan fingerprint density at radius 2 is 1.54 bits per heavy atom. The predicted octanol–water partition coefficient (Wildman–Crippen LogP) is 2.67. The molecule has 0 amide bonds. The van der Waals surface area contributed by atoms with Crippen LogP contribution in [-0.2, 0) is 38.8 Å². The van der Waals surface area contributed by atoms with E-state index in [1.165, 1.54) is 0 Å². The van der Waals surface area contributed by atoms with E-state index in [0.717, 1.165) is 32.1 Å². The van der Waals surface area contributed by atoms with Gasteiger partial charge in [-0.3, -0.25) is 8.98 Å². The Morgan fingerprint density at radius 3 is 2.17 bits per heavy atom. The first-order valence-electron chi connectivity index (χ1n) is 12.1. The normalized spacial score (nSPS) is 44.7. The molecule has 1 heterocycles. The van der Waals surface area contributed by atoms with E-state index in [2.05, 4.69) is 4.13 Å². The molecule has 1 saturated heterocycles. The molecule has 14 heteroatoms. The van der Waals surface area contributed by atoms with Crippen LogP contribution >= 0.6 is 0 Å². The van der Waals surface area contributed by atoms with E-state index in [0.29, 0.717) is 24.7 Å². The van der Waals surface area contributed by atoms with Gasteiger partial charge in [0.25, 0.3) is 0 Å². The highest BCUT2D eigenvalue weighted by Crippen LogP contribution is 2.56.